The van der Waals surface area contributed by atoms with Crippen molar-refractivity contribution in [3.8, 4) is 17.2 Å². The van der Waals surface area contributed by atoms with Gasteiger partial charge in [0.2, 0.25) is 5.91 Å². The van der Waals surface area contributed by atoms with Gasteiger partial charge in [0, 0.05) is 13.0 Å². The highest BCUT2D eigenvalue weighted by atomic mass is 19.4. The zero-order valence-corrected chi connectivity index (χ0v) is 20.2. The van der Waals surface area contributed by atoms with Crippen LogP contribution in [0, 0.1) is 5.92 Å². The van der Waals surface area contributed by atoms with Crippen molar-refractivity contribution < 1.29 is 32.2 Å². The molecule has 2 aliphatic rings. The summed E-state index contributed by atoms with van der Waals surface area (Å²) in [6.07, 6.45) is 2.34. The van der Waals surface area contributed by atoms with Gasteiger partial charge in [-0.25, -0.2) is 0 Å². The van der Waals surface area contributed by atoms with Crippen LogP contribution in [0.2, 0.25) is 0 Å². The van der Waals surface area contributed by atoms with Gasteiger partial charge in [0.15, 0.2) is 11.5 Å². The summed E-state index contributed by atoms with van der Waals surface area (Å²) in [7, 11) is 3.12. The third-order valence-corrected chi connectivity index (χ3v) is 7.13. The molecular formula is C27H32F3NO4. The molecule has 190 valence electrons. The SMILES string of the molecule is COc1cc2c(cc1OC)C(COc1cccc(C(F)(F)F)c1)N(C(=O)CCC1CCCC1)CC2. The lowest BCUT2D eigenvalue weighted by Crippen LogP contribution is -2.42. The minimum Gasteiger partial charge on any atom is -0.493 e. The van der Waals surface area contributed by atoms with E-state index in [0.29, 0.717) is 36.8 Å². The maximum Gasteiger partial charge on any atom is 0.416 e. The molecule has 1 unspecified atom stereocenters. The van der Waals surface area contributed by atoms with Crippen molar-refractivity contribution in [1.29, 1.82) is 0 Å². The van der Waals surface area contributed by atoms with Gasteiger partial charge in [0.25, 0.3) is 0 Å². The van der Waals surface area contributed by atoms with Gasteiger partial charge in [-0.05, 0) is 60.2 Å². The molecular weight excluding hydrogens is 459 g/mol. The predicted molar refractivity (Wildman–Crippen MR) is 126 cm³/mol. The largest absolute Gasteiger partial charge is 0.493 e. The summed E-state index contributed by atoms with van der Waals surface area (Å²) in [4.78, 5) is 15.1. The van der Waals surface area contributed by atoms with E-state index in [9.17, 15) is 18.0 Å². The molecule has 0 bridgehead atoms. The Labute approximate surface area is 204 Å². The number of benzene rings is 2. The normalized spacial score (nSPS) is 18.3. The van der Waals surface area contributed by atoms with E-state index in [2.05, 4.69) is 0 Å². The zero-order chi connectivity index (χ0) is 25.0. The third kappa shape index (κ3) is 5.85. The number of carbonyl (C=O) groups excluding carboxylic acids is 1. The van der Waals surface area contributed by atoms with Gasteiger partial charge in [0.05, 0.1) is 25.8 Å². The Morgan fingerprint density at radius 2 is 1.77 bits per heavy atom. The maximum absolute atomic E-state index is 13.3. The lowest BCUT2D eigenvalue weighted by molar-refractivity contribution is -0.137. The summed E-state index contributed by atoms with van der Waals surface area (Å²) in [6.45, 7) is 0.557. The van der Waals surface area contributed by atoms with Crippen LogP contribution >= 0.6 is 0 Å². The Bertz CT molecular complexity index is 1030. The molecule has 2 aromatic carbocycles. The number of halogens is 3. The van der Waals surface area contributed by atoms with Crippen LogP contribution in [0.3, 0.4) is 0 Å². The number of hydrogen-bond acceptors (Lipinski definition) is 4. The molecule has 0 radical (unpaired) electrons. The molecule has 1 saturated carbocycles. The van der Waals surface area contributed by atoms with E-state index in [1.807, 2.05) is 17.0 Å². The van der Waals surface area contributed by atoms with Gasteiger partial charge < -0.3 is 19.1 Å². The van der Waals surface area contributed by atoms with Gasteiger partial charge in [-0.2, -0.15) is 13.2 Å². The summed E-state index contributed by atoms with van der Waals surface area (Å²) in [6, 6.07) is 8.15. The number of rotatable bonds is 8. The fourth-order valence-corrected chi connectivity index (χ4v) is 5.21. The number of nitrogens with zero attached hydrogens (tertiary/aromatic N) is 1. The van der Waals surface area contributed by atoms with Crippen LogP contribution in [0.15, 0.2) is 36.4 Å². The van der Waals surface area contributed by atoms with Crippen LogP contribution in [-0.4, -0.2) is 38.2 Å². The van der Waals surface area contributed by atoms with Crippen LogP contribution in [-0.2, 0) is 17.4 Å². The number of ether oxygens (including phenoxy) is 3. The quantitative estimate of drug-likeness (QED) is 0.441. The van der Waals surface area contributed by atoms with Crippen molar-refractivity contribution in [3.05, 3.63) is 53.1 Å². The first-order valence-corrected chi connectivity index (χ1v) is 12.1. The lowest BCUT2D eigenvalue weighted by atomic mass is 9.91. The van der Waals surface area contributed by atoms with Gasteiger partial charge in [-0.1, -0.05) is 31.7 Å². The minimum absolute atomic E-state index is 0.0406. The summed E-state index contributed by atoms with van der Waals surface area (Å²) in [5.74, 6) is 1.90. The number of fused-ring (bicyclic) bond motifs is 1. The molecule has 8 heteroatoms. The van der Waals surface area contributed by atoms with Crippen LogP contribution in [0.4, 0.5) is 13.2 Å². The van der Waals surface area contributed by atoms with E-state index in [-0.39, 0.29) is 18.3 Å². The van der Waals surface area contributed by atoms with Gasteiger partial charge in [-0.3, -0.25) is 4.79 Å². The van der Waals surface area contributed by atoms with Gasteiger partial charge in [0.1, 0.15) is 12.4 Å². The van der Waals surface area contributed by atoms with E-state index >= 15 is 0 Å². The standard InChI is InChI=1S/C27H32F3NO4/c1-33-24-14-19-12-13-31(26(32)11-10-18-6-3-4-7-18)23(22(19)16-25(24)34-2)17-35-21-9-5-8-20(15-21)27(28,29)30/h5,8-9,14-16,18,23H,3-4,6-7,10-13,17H2,1-2H3. The van der Waals surface area contributed by atoms with Crippen molar-refractivity contribution in [2.24, 2.45) is 5.92 Å². The topological polar surface area (TPSA) is 48.0 Å². The molecule has 35 heavy (non-hydrogen) atoms. The molecule has 4 rings (SSSR count). The number of carbonyl (C=O) groups is 1. The van der Waals surface area contributed by atoms with Crippen LogP contribution in [0.1, 0.15) is 61.3 Å². The highest BCUT2D eigenvalue weighted by Crippen LogP contribution is 2.39. The van der Waals surface area contributed by atoms with Crippen molar-refractivity contribution in [3.63, 3.8) is 0 Å². The van der Waals surface area contributed by atoms with Crippen molar-refractivity contribution in [1.82, 2.24) is 4.90 Å². The Morgan fingerprint density at radius 1 is 1.06 bits per heavy atom. The molecule has 0 saturated heterocycles. The molecule has 1 aliphatic carbocycles. The van der Waals surface area contributed by atoms with E-state index < -0.39 is 17.8 Å². The summed E-state index contributed by atoms with van der Waals surface area (Å²) in [5, 5.41) is 0. The van der Waals surface area contributed by atoms with Crippen LogP contribution in [0.5, 0.6) is 17.2 Å². The predicted octanol–water partition coefficient (Wildman–Crippen LogP) is 6.20. The minimum atomic E-state index is -4.46. The second-order valence-corrected chi connectivity index (χ2v) is 9.28. The van der Waals surface area contributed by atoms with Gasteiger partial charge in [-0.15, -0.1) is 0 Å². The second kappa shape index (κ2) is 10.8. The molecule has 1 heterocycles. The highest BCUT2D eigenvalue weighted by Gasteiger charge is 2.34. The van der Waals surface area contributed by atoms with Crippen LogP contribution < -0.4 is 14.2 Å². The molecule has 2 aromatic rings. The molecule has 1 fully saturated rings. The number of hydrogen-bond donors (Lipinski definition) is 0. The van der Waals surface area contributed by atoms with Crippen molar-refractivity contribution in [2.45, 2.75) is 57.2 Å². The fourth-order valence-electron chi connectivity index (χ4n) is 5.21. The maximum atomic E-state index is 13.3. The number of amides is 1. The second-order valence-electron chi connectivity index (χ2n) is 9.28. The Balaban J connectivity index is 1.58. The van der Waals surface area contributed by atoms with E-state index in [0.717, 1.165) is 29.7 Å². The molecule has 1 aliphatic heterocycles. The monoisotopic (exact) mass is 491 g/mol. The first kappa shape index (κ1) is 25.2. The summed E-state index contributed by atoms with van der Waals surface area (Å²) >= 11 is 0. The first-order valence-electron chi connectivity index (χ1n) is 12.1. The Morgan fingerprint density at radius 3 is 2.46 bits per heavy atom. The molecule has 1 atom stereocenters. The van der Waals surface area contributed by atoms with E-state index in [1.165, 1.54) is 37.8 Å². The number of methoxy groups -OCH3 is 2. The van der Waals surface area contributed by atoms with Crippen LogP contribution in [0.25, 0.3) is 0 Å². The first-order chi connectivity index (χ1) is 16.8. The van der Waals surface area contributed by atoms with Gasteiger partial charge >= 0.3 is 6.18 Å². The van der Waals surface area contributed by atoms with Crippen molar-refractivity contribution in [2.75, 3.05) is 27.4 Å². The van der Waals surface area contributed by atoms with Crippen molar-refractivity contribution >= 4 is 5.91 Å². The van der Waals surface area contributed by atoms with E-state index in [4.69, 9.17) is 14.2 Å². The summed E-state index contributed by atoms with van der Waals surface area (Å²) < 4.78 is 56.3. The summed E-state index contributed by atoms with van der Waals surface area (Å²) in [5.41, 5.74) is 1.12. The molecule has 0 spiro atoms. The molecule has 0 N–H and O–H groups in total. The average molecular weight is 492 g/mol. The third-order valence-electron chi connectivity index (χ3n) is 7.13. The smallest absolute Gasteiger partial charge is 0.416 e. The average Bonchev–Trinajstić information content (AvgIpc) is 3.38. The highest BCUT2D eigenvalue weighted by molar-refractivity contribution is 5.77. The Hall–Kier alpha value is -2.90. The fraction of sp³-hybridized carbons (Fsp3) is 0.519. The Kier molecular flexibility index (Phi) is 7.77. The molecule has 1 amide bonds. The molecule has 5 nitrogen and oxygen atoms in total. The molecule has 0 aromatic heterocycles. The number of alkyl halides is 3. The lowest BCUT2D eigenvalue weighted by Gasteiger charge is -2.38. The van der Waals surface area contributed by atoms with E-state index in [1.54, 1.807) is 14.2 Å². The zero-order valence-electron chi connectivity index (χ0n) is 20.2.